The third kappa shape index (κ3) is 3.73. The molecular weight excluding hydrogens is 384 g/mol. The summed E-state index contributed by atoms with van der Waals surface area (Å²) in [6, 6.07) is 10.8. The van der Waals surface area contributed by atoms with E-state index in [0.29, 0.717) is 21.1 Å². The number of carbonyl (C=O) groups is 1. The molecule has 0 aliphatic rings. The largest absolute Gasteiger partial charge is 0.468 e. The molecule has 0 bridgehead atoms. The molecule has 1 heterocycles. The van der Waals surface area contributed by atoms with Crippen molar-refractivity contribution in [1.82, 2.24) is 9.55 Å². The van der Waals surface area contributed by atoms with Gasteiger partial charge >= 0.3 is 5.97 Å². The highest BCUT2D eigenvalue weighted by atomic mass is 35.5. The number of esters is 1. The number of benzene rings is 2. The van der Waals surface area contributed by atoms with E-state index in [-0.39, 0.29) is 11.5 Å². The number of aromatic nitrogens is 2. The number of aryl methyl sites for hydroxylation is 1. The van der Waals surface area contributed by atoms with Crippen LogP contribution < -0.4 is 5.56 Å². The lowest BCUT2D eigenvalue weighted by molar-refractivity contribution is -0.139. The van der Waals surface area contributed by atoms with E-state index in [0.717, 1.165) is 16.8 Å². The average molecular weight is 403 g/mol. The summed E-state index contributed by atoms with van der Waals surface area (Å²) in [7, 11) is 1.34. The van der Waals surface area contributed by atoms with Gasteiger partial charge in [0.15, 0.2) is 5.16 Å². The minimum atomic E-state index is -0.519. The molecule has 3 aromatic rings. The van der Waals surface area contributed by atoms with Crippen molar-refractivity contribution >= 4 is 40.2 Å². The van der Waals surface area contributed by atoms with Gasteiger partial charge in [0.1, 0.15) is 5.25 Å². The lowest BCUT2D eigenvalue weighted by Gasteiger charge is -2.17. The molecular formula is C20H19ClN2O3S. The highest BCUT2D eigenvalue weighted by molar-refractivity contribution is 8.00. The van der Waals surface area contributed by atoms with Crippen LogP contribution in [-0.2, 0) is 9.53 Å². The Balaban J connectivity index is 2.32. The Bertz CT molecular complexity index is 1090. The average Bonchev–Trinajstić information content (AvgIpc) is 2.64. The number of thioether (sulfide) groups is 1. The molecule has 0 aliphatic heterocycles. The van der Waals surface area contributed by atoms with Crippen LogP contribution in [0.5, 0.6) is 0 Å². The van der Waals surface area contributed by atoms with Crippen LogP contribution in [0.2, 0.25) is 5.02 Å². The molecule has 0 saturated heterocycles. The second kappa shape index (κ2) is 7.74. The number of rotatable bonds is 4. The molecule has 0 aliphatic carbocycles. The number of methoxy groups -OCH3 is 1. The molecule has 0 radical (unpaired) electrons. The van der Waals surface area contributed by atoms with E-state index >= 15 is 0 Å². The fourth-order valence-electron chi connectivity index (χ4n) is 2.78. The summed E-state index contributed by atoms with van der Waals surface area (Å²) in [6.07, 6.45) is 0. The van der Waals surface area contributed by atoms with Crippen LogP contribution in [0.25, 0.3) is 16.6 Å². The smallest absolute Gasteiger partial charge is 0.318 e. The molecule has 0 saturated carbocycles. The maximum absolute atomic E-state index is 13.3. The van der Waals surface area contributed by atoms with Gasteiger partial charge in [-0.05, 0) is 56.2 Å². The van der Waals surface area contributed by atoms with E-state index in [4.69, 9.17) is 16.3 Å². The topological polar surface area (TPSA) is 61.2 Å². The highest BCUT2D eigenvalue weighted by Crippen LogP contribution is 2.28. The van der Waals surface area contributed by atoms with Gasteiger partial charge in [-0.15, -0.1) is 0 Å². The van der Waals surface area contributed by atoms with Crippen molar-refractivity contribution in [2.45, 2.75) is 31.2 Å². The molecule has 3 rings (SSSR count). The Morgan fingerprint density at radius 1 is 1.26 bits per heavy atom. The van der Waals surface area contributed by atoms with Crippen molar-refractivity contribution < 1.29 is 9.53 Å². The predicted octanol–water partition coefficient (Wildman–Crippen LogP) is 4.31. The van der Waals surface area contributed by atoms with Crippen molar-refractivity contribution in [3.8, 4) is 5.69 Å². The SMILES string of the molecule is COC(=O)C(C)Sc1nc2cc(Cl)ccc2c(=O)n1-c1cccc(C)c1C. The number of nitrogens with zero attached hydrogens (tertiary/aromatic N) is 2. The molecule has 2 aromatic carbocycles. The monoisotopic (exact) mass is 402 g/mol. The lowest BCUT2D eigenvalue weighted by Crippen LogP contribution is -2.24. The molecule has 7 heteroatoms. The van der Waals surface area contributed by atoms with Crippen LogP contribution in [0.15, 0.2) is 46.3 Å². The number of ether oxygens (including phenoxy) is 1. The van der Waals surface area contributed by atoms with E-state index in [1.165, 1.54) is 18.9 Å². The van der Waals surface area contributed by atoms with Crippen LogP contribution in [0, 0.1) is 13.8 Å². The van der Waals surface area contributed by atoms with Crippen LogP contribution in [0.3, 0.4) is 0 Å². The molecule has 1 unspecified atom stereocenters. The quantitative estimate of drug-likeness (QED) is 0.369. The van der Waals surface area contributed by atoms with E-state index < -0.39 is 5.25 Å². The summed E-state index contributed by atoms with van der Waals surface area (Å²) in [5, 5.41) is 0.863. The summed E-state index contributed by atoms with van der Waals surface area (Å²) >= 11 is 7.26. The minimum absolute atomic E-state index is 0.204. The second-order valence-corrected chi connectivity index (χ2v) is 7.94. The Hall–Kier alpha value is -2.31. The van der Waals surface area contributed by atoms with Gasteiger partial charge in [-0.2, -0.15) is 0 Å². The highest BCUT2D eigenvalue weighted by Gasteiger charge is 2.21. The van der Waals surface area contributed by atoms with Crippen molar-refractivity contribution in [2.75, 3.05) is 7.11 Å². The molecule has 140 valence electrons. The van der Waals surface area contributed by atoms with E-state index in [9.17, 15) is 9.59 Å². The summed E-state index contributed by atoms with van der Waals surface area (Å²) in [6.45, 7) is 5.67. The number of fused-ring (bicyclic) bond motifs is 1. The fraction of sp³-hybridized carbons (Fsp3) is 0.250. The first-order chi connectivity index (χ1) is 12.8. The first kappa shape index (κ1) is 19.5. The molecule has 1 atom stereocenters. The maximum atomic E-state index is 13.3. The number of carbonyl (C=O) groups excluding carboxylic acids is 1. The van der Waals surface area contributed by atoms with Crippen LogP contribution >= 0.6 is 23.4 Å². The van der Waals surface area contributed by atoms with E-state index in [1.807, 2.05) is 32.0 Å². The Kier molecular flexibility index (Phi) is 5.58. The van der Waals surface area contributed by atoms with Crippen LogP contribution in [-0.4, -0.2) is 27.9 Å². The van der Waals surface area contributed by atoms with Crippen LogP contribution in [0.4, 0.5) is 0 Å². The van der Waals surface area contributed by atoms with Gasteiger partial charge in [-0.3, -0.25) is 14.2 Å². The number of halogens is 1. The Morgan fingerprint density at radius 2 is 2.00 bits per heavy atom. The molecule has 0 N–H and O–H groups in total. The molecule has 0 amide bonds. The summed E-state index contributed by atoms with van der Waals surface area (Å²) in [4.78, 5) is 29.8. The molecule has 5 nitrogen and oxygen atoms in total. The third-order valence-corrected chi connectivity index (χ3v) is 5.70. The van der Waals surface area contributed by atoms with Gasteiger partial charge in [-0.25, -0.2) is 4.98 Å². The molecule has 0 spiro atoms. The first-order valence-corrected chi connectivity index (χ1v) is 9.62. The van der Waals surface area contributed by atoms with Crippen molar-refractivity contribution in [3.63, 3.8) is 0 Å². The third-order valence-electron chi connectivity index (χ3n) is 4.43. The minimum Gasteiger partial charge on any atom is -0.468 e. The van der Waals surface area contributed by atoms with Gasteiger partial charge in [0.25, 0.3) is 5.56 Å². The van der Waals surface area contributed by atoms with Gasteiger partial charge in [0.05, 0.1) is 23.7 Å². The fourth-order valence-corrected chi connectivity index (χ4v) is 3.89. The van der Waals surface area contributed by atoms with E-state index in [2.05, 4.69) is 4.98 Å². The molecule has 1 aromatic heterocycles. The standard InChI is InChI=1S/C20H19ClN2O3S/c1-11-6-5-7-17(12(11)2)23-18(24)15-9-8-14(21)10-16(15)22-20(23)27-13(3)19(25)26-4/h5-10,13H,1-4H3. The number of hydrogen-bond donors (Lipinski definition) is 0. The zero-order valence-corrected chi connectivity index (χ0v) is 17.0. The zero-order valence-electron chi connectivity index (χ0n) is 15.4. The van der Waals surface area contributed by atoms with Gasteiger partial charge in [-0.1, -0.05) is 35.5 Å². The molecule has 0 fully saturated rings. The second-order valence-electron chi connectivity index (χ2n) is 6.20. The van der Waals surface area contributed by atoms with Gasteiger partial charge in [0.2, 0.25) is 0 Å². The summed E-state index contributed by atoms with van der Waals surface area (Å²) in [5.41, 5.74) is 3.07. The molecule has 27 heavy (non-hydrogen) atoms. The van der Waals surface area contributed by atoms with Crippen molar-refractivity contribution in [2.24, 2.45) is 0 Å². The van der Waals surface area contributed by atoms with Gasteiger partial charge < -0.3 is 4.74 Å². The normalized spacial score (nSPS) is 12.2. The lowest BCUT2D eigenvalue weighted by atomic mass is 10.1. The Morgan fingerprint density at radius 3 is 2.70 bits per heavy atom. The Labute approximate surface area is 166 Å². The summed E-state index contributed by atoms with van der Waals surface area (Å²) < 4.78 is 6.37. The maximum Gasteiger partial charge on any atom is 0.318 e. The first-order valence-electron chi connectivity index (χ1n) is 8.37. The van der Waals surface area contributed by atoms with Crippen molar-refractivity contribution in [1.29, 1.82) is 0 Å². The number of hydrogen-bond acceptors (Lipinski definition) is 5. The van der Waals surface area contributed by atoms with Crippen molar-refractivity contribution in [3.05, 3.63) is 62.9 Å². The van der Waals surface area contributed by atoms with Gasteiger partial charge in [0, 0.05) is 5.02 Å². The van der Waals surface area contributed by atoms with Crippen LogP contribution in [0.1, 0.15) is 18.1 Å². The van der Waals surface area contributed by atoms with E-state index in [1.54, 1.807) is 29.7 Å². The predicted molar refractivity (Wildman–Crippen MR) is 109 cm³/mol. The summed E-state index contributed by atoms with van der Waals surface area (Å²) in [5.74, 6) is -0.382. The zero-order chi connectivity index (χ0) is 19.7.